The minimum absolute atomic E-state index is 0.703. The van der Waals surface area contributed by atoms with E-state index in [4.69, 9.17) is 16.6 Å². The van der Waals surface area contributed by atoms with Crippen molar-refractivity contribution >= 4 is 23.4 Å². The molecule has 0 spiro atoms. The molecule has 6 heteroatoms. The van der Waals surface area contributed by atoms with Crippen LogP contribution in [0.5, 0.6) is 0 Å². The Labute approximate surface area is 148 Å². The zero-order chi connectivity index (χ0) is 17.1. The quantitative estimate of drug-likeness (QED) is 0.902. The minimum atomic E-state index is 0.703. The van der Waals surface area contributed by atoms with Crippen LogP contribution in [0, 0.1) is 6.92 Å². The molecule has 0 unspecified atom stereocenters. The molecule has 128 valence electrons. The topological polar surface area (TPSA) is 44.3 Å². The Morgan fingerprint density at radius 1 is 1.21 bits per heavy atom. The fraction of sp³-hybridized carbons (Fsp3) is 0.444. The Hall–Kier alpha value is -1.85. The highest BCUT2D eigenvalue weighted by molar-refractivity contribution is 6.30. The van der Waals surface area contributed by atoms with Crippen LogP contribution >= 0.6 is 11.6 Å². The molecule has 0 atom stereocenters. The van der Waals surface area contributed by atoms with E-state index in [9.17, 15) is 0 Å². The highest BCUT2D eigenvalue weighted by atomic mass is 35.5. The molecule has 0 aliphatic carbocycles. The lowest BCUT2D eigenvalue weighted by atomic mass is 10.00. The van der Waals surface area contributed by atoms with Crippen molar-refractivity contribution in [1.29, 1.82) is 0 Å². The smallest absolute Gasteiger partial charge is 0.224 e. The van der Waals surface area contributed by atoms with Crippen LogP contribution in [0.4, 0.5) is 11.8 Å². The summed E-state index contributed by atoms with van der Waals surface area (Å²) in [7, 11) is 4.11. The van der Waals surface area contributed by atoms with E-state index < -0.39 is 0 Å². The van der Waals surface area contributed by atoms with Gasteiger partial charge >= 0.3 is 0 Å². The number of nitrogens with zero attached hydrogens (tertiary/aromatic N) is 4. The van der Waals surface area contributed by atoms with Gasteiger partial charge in [0.05, 0.1) is 0 Å². The molecule has 1 aliphatic heterocycles. The number of halogens is 1. The molecule has 0 fully saturated rings. The Morgan fingerprint density at radius 2 is 2.04 bits per heavy atom. The van der Waals surface area contributed by atoms with Gasteiger partial charge in [0.1, 0.15) is 5.82 Å². The van der Waals surface area contributed by atoms with E-state index in [-0.39, 0.29) is 0 Å². The second kappa shape index (κ2) is 7.36. The summed E-state index contributed by atoms with van der Waals surface area (Å²) in [4.78, 5) is 13.6. The Balaban J connectivity index is 1.75. The fourth-order valence-electron chi connectivity index (χ4n) is 2.90. The van der Waals surface area contributed by atoms with Crippen LogP contribution in [0.3, 0.4) is 0 Å². The maximum atomic E-state index is 6.10. The summed E-state index contributed by atoms with van der Waals surface area (Å²) in [5.74, 6) is 1.68. The van der Waals surface area contributed by atoms with Gasteiger partial charge in [-0.05, 0) is 50.7 Å². The third-order valence-corrected chi connectivity index (χ3v) is 4.42. The van der Waals surface area contributed by atoms with Crippen LogP contribution in [0.25, 0.3) is 0 Å². The van der Waals surface area contributed by atoms with Gasteiger partial charge in [-0.15, -0.1) is 0 Å². The van der Waals surface area contributed by atoms with Crippen LogP contribution in [0.15, 0.2) is 24.3 Å². The van der Waals surface area contributed by atoms with Gasteiger partial charge in [-0.1, -0.05) is 17.7 Å². The first-order valence-electron chi connectivity index (χ1n) is 8.28. The molecule has 1 aliphatic rings. The van der Waals surface area contributed by atoms with Gasteiger partial charge in [-0.2, -0.15) is 4.98 Å². The van der Waals surface area contributed by atoms with Crippen molar-refractivity contribution in [3.8, 4) is 0 Å². The molecule has 2 aromatic rings. The number of aromatic nitrogens is 2. The predicted molar refractivity (Wildman–Crippen MR) is 100 cm³/mol. The molecular weight excluding hydrogens is 322 g/mol. The first kappa shape index (κ1) is 17.0. The van der Waals surface area contributed by atoms with E-state index in [1.807, 2.05) is 13.0 Å². The number of likely N-dealkylation sites (N-methyl/N-ethyl adjacent to an activating group) is 1. The average molecular weight is 346 g/mol. The minimum Gasteiger partial charge on any atom is -0.353 e. The van der Waals surface area contributed by atoms with Crippen LogP contribution in [0.2, 0.25) is 5.02 Å². The van der Waals surface area contributed by atoms with E-state index in [1.165, 1.54) is 11.1 Å². The second-order valence-corrected chi connectivity index (χ2v) is 6.94. The summed E-state index contributed by atoms with van der Waals surface area (Å²) < 4.78 is 0. The van der Waals surface area contributed by atoms with Crippen molar-refractivity contribution in [2.75, 3.05) is 43.9 Å². The van der Waals surface area contributed by atoms with Gasteiger partial charge in [-0.25, -0.2) is 4.98 Å². The van der Waals surface area contributed by atoms with Crippen molar-refractivity contribution in [2.45, 2.75) is 19.9 Å². The average Bonchev–Trinajstić information content (AvgIpc) is 2.53. The van der Waals surface area contributed by atoms with E-state index in [1.54, 1.807) is 0 Å². The maximum absolute atomic E-state index is 6.10. The van der Waals surface area contributed by atoms with Crippen LogP contribution < -0.4 is 10.2 Å². The van der Waals surface area contributed by atoms with Crippen molar-refractivity contribution in [1.82, 2.24) is 14.9 Å². The van der Waals surface area contributed by atoms with Crippen LogP contribution in [-0.2, 0) is 13.0 Å². The molecular formula is C18H24ClN5. The van der Waals surface area contributed by atoms with Gasteiger partial charge in [0.2, 0.25) is 5.95 Å². The predicted octanol–water partition coefficient (Wildman–Crippen LogP) is 2.97. The SMILES string of the molecule is Cc1cc(N2CCc3cc(Cl)ccc3C2)nc(NCCN(C)C)n1. The number of aryl methyl sites for hydroxylation is 1. The summed E-state index contributed by atoms with van der Waals surface area (Å²) in [5, 5.41) is 4.13. The molecule has 0 saturated carbocycles. The number of hydrogen-bond donors (Lipinski definition) is 1. The molecule has 0 radical (unpaired) electrons. The standard InChI is InChI=1S/C18H24ClN5/c1-13-10-17(22-18(21-13)20-7-9-23(2)3)24-8-6-14-11-16(19)5-4-15(14)12-24/h4-5,10-11H,6-9,12H2,1-3H3,(H,20,21,22). The molecule has 0 amide bonds. The number of fused-ring (bicyclic) bond motifs is 1. The lowest BCUT2D eigenvalue weighted by molar-refractivity contribution is 0.425. The first-order chi connectivity index (χ1) is 11.5. The third-order valence-electron chi connectivity index (χ3n) is 4.19. The zero-order valence-corrected chi connectivity index (χ0v) is 15.3. The summed E-state index contributed by atoms with van der Waals surface area (Å²) in [6.45, 7) is 5.60. The van der Waals surface area contributed by atoms with E-state index in [0.29, 0.717) is 5.95 Å². The highest BCUT2D eigenvalue weighted by Gasteiger charge is 2.18. The fourth-order valence-corrected chi connectivity index (χ4v) is 3.10. The first-order valence-corrected chi connectivity index (χ1v) is 8.65. The molecule has 1 aromatic carbocycles. The Kier molecular flexibility index (Phi) is 5.21. The number of anilines is 2. The number of rotatable bonds is 5. The summed E-state index contributed by atoms with van der Waals surface area (Å²) in [5.41, 5.74) is 3.65. The van der Waals surface area contributed by atoms with Gasteiger partial charge in [0.15, 0.2) is 0 Å². The number of hydrogen-bond acceptors (Lipinski definition) is 5. The van der Waals surface area contributed by atoms with Crippen molar-refractivity contribution in [2.24, 2.45) is 0 Å². The lowest BCUT2D eigenvalue weighted by Gasteiger charge is -2.30. The Morgan fingerprint density at radius 3 is 2.83 bits per heavy atom. The zero-order valence-electron chi connectivity index (χ0n) is 14.5. The van der Waals surface area contributed by atoms with Crippen LogP contribution in [0.1, 0.15) is 16.8 Å². The molecule has 24 heavy (non-hydrogen) atoms. The van der Waals surface area contributed by atoms with Gasteiger partial charge < -0.3 is 15.1 Å². The second-order valence-electron chi connectivity index (χ2n) is 6.51. The highest BCUT2D eigenvalue weighted by Crippen LogP contribution is 2.26. The largest absolute Gasteiger partial charge is 0.353 e. The van der Waals surface area contributed by atoms with Gasteiger partial charge in [0.25, 0.3) is 0 Å². The Bertz CT molecular complexity index is 717. The van der Waals surface area contributed by atoms with Crippen molar-refractivity contribution in [3.05, 3.63) is 46.1 Å². The normalized spacial score (nSPS) is 14.0. The summed E-state index contributed by atoms with van der Waals surface area (Å²) in [6.07, 6.45) is 0.988. The molecule has 1 N–H and O–H groups in total. The lowest BCUT2D eigenvalue weighted by Crippen LogP contribution is -2.31. The van der Waals surface area contributed by atoms with Crippen molar-refractivity contribution in [3.63, 3.8) is 0 Å². The van der Waals surface area contributed by atoms with Crippen molar-refractivity contribution < 1.29 is 0 Å². The molecule has 5 nitrogen and oxygen atoms in total. The summed E-state index contributed by atoms with van der Waals surface area (Å²) >= 11 is 6.10. The van der Waals surface area contributed by atoms with E-state index >= 15 is 0 Å². The third kappa shape index (κ3) is 4.16. The molecule has 1 aromatic heterocycles. The van der Waals surface area contributed by atoms with Gasteiger partial charge in [0, 0.05) is 43.0 Å². The molecule has 2 heterocycles. The van der Waals surface area contributed by atoms with Gasteiger partial charge in [-0.3, -0.25) is 0 Å². The maximum Gasteiger partial charge on any atom is 0.224 e. The summed E-state index contributed by atoms with van der Waals surface area (Å²) in [6, 6.07) is 8.21. The number of nitrogens with one attached hydrogen (secondary N) is 1. The number of benzene rings is 1. The molecule has 0 bridgehead atoms. The molecule has 3 rings (SSSR count). The monoisotopic (exact) mass is 345 g/mol. The van der Waals surface area contributed by atoms with Crippen LogP contribution in [-0.4, -0.2) is 48.6 Å². The van der Waals surface area contributed by atoms with E-state index in [2.05, 4.69) is 52.4 Å². The molecule has 0 saturated heterocycles. The van der Waals surface area contributed by atoms with E-state index in [0.717, 1.165) is 49.1 Å².